The molecule has 1 aliphatic heterocycles. The van der Waals surface area contributed by atoms with E-state index in [-0.39, 0.29) is 18.1 Å². The molecule has 0 N–H and O–H groups in total. The third-order valence-electron chi connectivity index (χ3n) is 7.70. The average Bonchev–Trinajstić information content (AvgIpc) is 3.65. The van der Waals surface area contributed by atoms with Crippen LogP contribution in [-0.2, 0) is 16.0 Å². The summed E-state index contributed by atoms with van der Waals surface area (Å²) >= 11 is 0. The molecule has 9 nitrogen and oxygen atoms in total. The first-order chi connectivity index (χ1) is 19.6. The van der Waals surface area contributed by atoms with Crippen molar-refractivity contribution >= 4 is 23.0 Å². The fourth-order valence-corrected chi connectivity index (χ4v) is 5.80. The molecular formula is C32H38N4O5. The predicted octanol–water partition coefficient (Wildman–Crippen LogP) is 6.30. The quantitative estimate of drug-likeness (QED) is 0.257. The van der Waals surface area contributed by atoms with Crippen LogP contribution in [0.3, 0.4) is 0 Å². The van der Waals surface area contributed by atoms with Crippen LogP contribution in [0.15, 0.2) is 61.1 Å². The molecule has 0 amide bonds. The molecule has 4 aromatic rings. The van der Waals surface area contributed by atoms with E-state index in [2.05, 4.69) is 10.00 Å². The number of esters is 1. The maximum Gasteiger partial charge on any atom is 0.419 e. The molecule has 1 fully saturated rings. The molecule has 1 saturated heterocycles. The number of benzene rings is 2. The third-order valence-corrected chi connectivity index (χ3v) is 7.70. The number of nitrogens with zero attached hydrogens (tertiary/aromatic N) is 4. The van der Waals surface area contributed by atoms with Crippen LogP contribution >= 0.6 is 0 Å². The summed E-state index contributed by atoms with van der Waals surface area (Å²) in [6, 6.07) is 13.9. The molecule has 0 spiro atoms. The Morgan fingerprint density at radius 3 is 2.46 bits per heavy atom. The molecule has 0 saturated carbocycles. The van der Waals surface area contributed by atoms with Gasteiger partial charge >= 0.3 is 12.1 Å². The van der Waals surface area contributed by atoms with Crippen LogP contribution in [0.4, 0.5) is 4.79 Å². The molecule has 216 valence electrons. The highest BCUT2D eigenvalue weighted by Gasteiger charge is 2.32. The summed E-state index contributed by atoms with van der Waals surface area (Å²) in [5, 5.41) is 5.48. The van der Waals surface area contributed by atoms with Gasteiger partial charge < -0.3 is 14.2 Å². The molecule has 2 aromatic carbocycles. The molecule has 0 radical (unpaired) electrons. The van der Waals surface area contributed by atoms with Gasteiger partial charge in [0.15, 0.2) is 0 Å². The number of aromatic nitrogens is 3. The first-order valence-electron chi connectivity index (χ1n) is 13.9. The second kappa shape index (κ2) is 11.4. The van der Waals surface area contributed by atoms with E-state index in [4.69, 9.17) is 14.2 Å². The highest BCUT2D eigenvalue weighted by Crippen LogP contribution is 2.40. The lowest BCUT2D eigenvalue weighted by atomic mass is 9.90. The lowest BCUT2D eigenvalue weighted by molar-refractivity contribution is 0.0542. The van der Waals surface area contributed by atoms with E-state index in [0.717, 1.165) is 52.7 Å². The molecule has 3 heterocycles. The van der Waals surface area contributed by atoms with Gasteiger partial charge in [-0.25, -0.2) is 9.59 Å². The summed E-state index contributed by atoms with van der Waals surface area (Å²) in [6.45, 7) is 9.03. The van der Waals surface area contributed by atoms with Gasteiger partial charge in [0.1, 0.15) is 11.4 Å². The van der Waals surface area contributed by atoms with Gasteiger partial charge in [-0.2, -0.15) is 5.10 Å². The van der Waals surface area contributed by atoms with Crippen LogP contribution < -0.4 is 4.74 Å². The van der Waals surface area contributed by atoms with Gasteiger partial charge in [-0.1, -0.05) is 12.1 Å². The standard InChI is InChI=1S/C32H38N4O5/c1-21-18-28(39-5)26(25-13-17-35(29(21)25)31(38)41-32(2,3)4)20-34-16-12-24(36-15-7-14-33-36)19-27(34)22-8-10-23(11-9-22)30(37)40-6/h7-11,13-15,17-18,24,27H,12,16,19-20H2,1-6H3/t24-,27-/m0/s1. The van der Waals surface area contributed by atoms with Crippen LogP contribution in [0.5, 0.6) is 5.75 Å². The monoisotopic (exact) mass is 558 g/mol. The lowest BCUT2D eigenvalue weighted by Gasteiger charge is -2.40. The van der Waals surface area contributed by atoms with Gasteiger partial charge in [-0.05, 0) is 82.0 Å². The fourth-order valence-electron chi connectivity index (χ4n) is 5.80. The molecule has 41 heavy (non-hydrogen) atoms. The number of hydrogen-bond donors (Lipinski definition) is 0. The van der Waals surface area contributed by atoms with Gasteiger partial charge in [0.05, 0.1) is 31.3 Å². The Kier molecular flexibility index (Phi) is 7.91. The van der Waals surface area contributed by atoms with E-state index in [9.17, 15) is 9.59 Å². The van der Waals surface area contributed by atoms with E-state index in [1.165, 1.54) is 7.11 Å². The minimum Gasteiger partial charge on any atom is -0.496 e. The smallest absolute Gasteiger partial charge is 0.419 e. The number of aryl methyl sites for hydroxylation is 1. The zero-order valence-corrected chi connectivity index (χ0v) is 24.6. The van der Waals surface area contributed by atoms with Gasteiger partial charge in [0.25, 0.3) is 0 Å². The Balaban J connectivity index is 1.53. The normalized spacial score (nSPS) is 17.9. The van der Waals surface area contributed by atoms with Gasteiger partial charge in [0, 0.05) is 48.7 Å². The highest BCUT2D eigenvalue weighted by atomic mass is 16.6. The molecular weight excluding hydrogens is 520 g/mol. The minimum atomic E-state index is -0.605. The Labute approximate surface area is 240 Å². The van der Waals surface area contributed by atoms with E-state index in [1.807, 2.05) is 87.2 Å². The summed E-state index contributed by atoms with van der Waals surface area (Å²) < 4.78 is 20.1. The van der Waals surface area contributed by atoms with Crippen LogP contribution in [0.1, 0.15) is 72.7 Å². The highest BCUT2D eigenvalue weighted by molar-refractivity contribution is 5.95. The topological polar surface area (TPSA) is 87.8 Å². The second-order valence-electron chi connectivity index (χ2n) is 11.6. The van der Waals surface area contributed by atoms with Crippen LogP contribution in [-0.4, -0.2) is 57.7 Å². The van der Waals surface area contributed by atoms with Crippen molar-refractivity contribution in [3.63, 3.8) is 0 Å². The van der Waals surface area contributed by atoms with Crippen molar-refractivity contribution in [3.8, 4) is 5.75 Å². The lowest BCUT2D eigenvalue weighted by Crippen LogP contribution is -2.37. The van der Waals surface area contributed by atoms with Gasteiger partial charge in [0.2, 0.25) is 0 Å². The van der Waals surface area contributed by atoms with Crippen molar-refractivity contribution in [3.05, 3.63) is 83.3 Å². The Morgan fingerprint density at radius 1 is 1.07 bits per heavy atom. The van der Waals surface area contributed by atoms with Crippen LogP contribution in [0.25, 0.3) is 10.9 Å². The summed E-state index contributed by atoms with van der Waals surface area (Å²) in [5.41, 5.74) is 3.80. The zero-order chi connectivity index (χ0) is 29.3. The van der Waals surface area contributed by atoms with Crippen molar-refractivity contribution in [2.45, 2.75) is 64.8 Å². The van der Waals surface area contributed by atoms with Crippen LogP contribution in [0, 0.1) is 6.92 Å². The number of ether oxygens (including phenoxy) is 3. The summed E-state index contributed by atoms with van der Waals surface area (Å²) in [4.78, 5) is 27.6. The average molecular weight is 559 g/mol. The molecule has 5 rings (SSSR count). The van der Waals surface area contributed by atoms with Crippen molar-refractivity contribution in [1.82, 2.24) is 19.2 Å². The molecule has 0 bridgehead atoms. The first-order valence-corrected chi connectivity index (χ1v) is 13.9. The van der Waals surface area contributed by atoms with Gasteiger partial charge in [-0.3, -0.25) is 14.1 Å². The van der Waals surface area contributed by atoms with Crippen LogP contribution in [0.2, 0.25) is 0 Å². The summed E-state index contributed by atoms with van der Waals surface area (Å²) in [5.74, 6) is 0.429. The molecule has 2 atom stereocenters. The van der Waals surface area contributed by atoms with E-state index < -0.39 is 11.7 Å². The molecule has 0 aliphatic carbocycles. The second-order valence-corrected chi connectivity index (χ2v) is 11.6. The van der Waals surface area contributed by atoms with Gasteiger partial charge in [-0.15, -0.1) is 0 Å². The minimum absolute atomic E-state index is 0.0682. The van der Waals surface area contributed by atoms with Crippen molar-refractivity contribution < 1.29 is 23.8 Å². The predicted molar refractivity (Wildman–Crippen MR) is 156 cm³/mol. The molecule has 0 unspecified atom stereocenters. The van der Waals surface area contributed by atoms with E-state index >= 15 is 0 Å². The Morgan fingerprint density at radius 2 is 1.83 bits per heavy atom. The third kappa shape index (κ3) is 5.86. The zero-order valence-electron chi connectivity index (χ0n) is 24.6. The number of methoxy groups -OCH3 is 2. The number of likely N-dealkylation sites (tertiary alicyclic amines) is 1. The summed E-state index contributed by atoms with van der Waals surface area (Å²) in [6.07, 6.45) is 7.00. The number of piperidine rings is 1. The molecule has 2 aromatic heterocycles. The Bertz CT molecular complexity index is 1530. The van der Waals surface area contributed by atoms with Crippen molar-refractivity contribution in [2.75, 3.05) is 20.8 Å². The number of hydrogen-bond acceptors (Lipinski definition) is 7. The number of carbonyl (C=O) groups is 2. The SMILES string of the molecule is COC(=O)c1ccc([C@@H]2C[C@@H](n3cccn3)CCN2Cc2c(OC)cc(C)c3c2ccn3C(=O)OC(C)(C)C)cc1. The van der Waals surface area contributed by atoms with E-state index in [1.54, 1.807) is 17.9 Å². The molecule has 9 heteroatoms. The van der Waals surface area contributed by atoms with E-state index in [0.29, 0.717) is 12.1 Å². The maximum atomic E-state index is 13.1. The molecule has 1 aliphatic rings. The Hall–Kier alpha value is -4.11. The first kappa shape index (κ1) is 28.4. The number of fused-ring (bicyclic) bond motifs is 1. The van der Waals surface area contributed by atoms with Crippen molar-refractivity contribution in [1.29, 1.82) is 0 Å². The van der Waals surface area contributed by atoms with Crippen molar-refractivity contribution in [2.24, 2.45) is 0 Å². The fraction of sp³-hybridized carbons (Fsp3) is 0.406. The maximum absolute atomic E-state index is 13.1. The number of carbonyl (C=O) groups excluding carboxylic acids is 2. The summed E-state index contributed by atoms with van der Waals surface area (Å²) in [7, 11) is 3.07. The largest absolute Gasteiger partial charge is 0.496 e. The number of rotatable bonds is 6.